The SMILES string of the molecule is CCc1ccc(N2C[C@H](C(=O)N[C@@H]3CCOc4ccccc43)CC2=O)cc1. The van der Waals surface area contributed by atoms with E-state index in [1.54, 1.807) is 4.90 Å². The van der Waals surface area contributed by atoms with Gasteiger partial charge in [0.25, 0.3) is 0 Å². The summed E-state index contributed by atoms with van der Waals surface area (Å²) >= 11 is 0. The molecule has 0 aromatic heterocycles. The summed E-state index contributed by atoms with van der Waals surface area (Å²) in [5, 5.41) is 3.13. The second-order valence-electron chi connectivity index (χ2n) is 7.16. The van der Waals surface area contributed by atoms with Gasteiger partial charge in [-0.2, -0.15) is 0 Å². The lowest BCUT2D eigenvalue weighted by Crippen LogP contribution is -2.37. The van der Waals surface area contributed by atoms with Crippen molar-refractivity contribution in [3.8, 4) is 5.75 Å². The van der Waals surface area contributed by atoms with E-state index in [-0.39, 0.29) is 30.2 Å². The van der Waals surface area contributed by atoms with E-state index in [2.05, 4.69) is 12.2 Å². The van der Waals surface area contributed by atoms with Crippen LogP contribution in [0, 0.1) is 5.92 Å². The van der Waals surface area contributed by atoms with Gasteiger partial charge in [-0.05, 0) is 30.2 Å². The number of benzene rings is 2. The Morgan fingerprint density at radius 1 is 1.19 bits per heavy atom. The van der Waals surface area contributed by atoms with Crippen LogP contribution in [-0.2, 0) is 16.0 Å². The fraction of sp³-hybridized carbons (Fsp3) is 0.364. The number of nitrogens with zero attached hydrogens (tertiary/aromatic N) is 1. The van der Waals surface area contributed by atoms with Gasteiger partial charge in [-0.25, -0.2) is 0 Å². The van der Waals surface area contributed by atoms with Gasteiger partial charge in [-0.3, -0.25) is 9.59 Å². The van der Waals surface area contributed by atoms with Crippen LogP contribution in [-0.4, -0.2) is 25.0 Å². The highest BCUT2D eigenvalue weighted by atomic mass is 16.5. The summed E-state index contributed by atoms with van der Waals surface area (Å²) in [7, 11) is 0. The number of carbonyl (C=O) groups excluding carboxylic acids is 2. The van der Waals surface area contributed by atoms with Crippen molar-refractivity contribution in [1.29, 1.82) is 0 Å². The van der Waals surface area contributed by atoms with Crippen LogP contribution in [0.15, 0.2) is 48.5 Å². The first-order chi connectivity index (χ1) is 13.2. The molecule has 1 N–H and O–H groups in total. The first-order valence-electron chi connectivity index (χ1n) is 9.57. The van der Waals surface area contributed by atoms with E-state index in [1.165, 1.54) is 5.56 Å². The number of nitrogens with one attached hydrogen (secondary N) is 1. The lowest BCUT2D eigenvalue weighted by atomic mass is 9.99. The van der Waals surface area contributed by atoms with Crippen LogP contribution in [0.4, 0.5) is 5.69 Å². The number of para-hydroxylation sites is 1. The Hall–Kier alpha value is -2.82. The Morgan fingerprint density at radius 2 is 1.96 bits per heavy atom. The molecular weight excluding hydrogens is 340 g/mol. The van der Waals surface area contributed by atoms with Gasteiger partial charge < -0.3 is 15.0 Å². The van der Waals surface area contributed by atoms with E-state index in [4.69, 9.17) is 4.74 Å². The highest BCUT2D eigenvalue weighted by molar-refractivity contribution is 6.00. The van der Waals surface area contributed by atoms with E-state index in [0.717, 1.165) is 29.8 Å². The summed E-state index contributed by atoms with van der Waals surface area (Å²) in [5.41, 5.74) is 3.11. The number of ether oxygens (including phenoxy) is 1. The van der Waals surface area contributed by atoms with Gasteiger partial charge in [0.15, 0.2) is 0 Å². The summed E-state index contributed by atoms with van der Waals surface area (Å²) in [6, 6.07) is 15.7. The minimum Gasteiger partial charge on any atom is -0.493 e. The second-order valence-corrected chi connectivity index (χ2v) is 7.16. The van der Waals surface area contributed by atoms with Crippen molar-refractivity contribution >= 4 is 17.5 Å². The molecule has 0 unspecified atom stereocenters. The highest BCUT2D eigenvalue weighted by Gasteiger charge is 2.36. The van der Waals surface area contributed by atoms with Gasteiger partial charge in [0.2, 0.25) is 11.8 Å². The molecule has 0 bridgehead atoms. The number of amides is 2. The number of hydrogen-bond donors (Lipinski definition) is 1. The van der Waals surface area contributed by atoms with Crippen molar-refractivity contribution in [2.75, 3.05) is 18.1 Å². The van der Waals surface area contributed by atoms with Crippen LogP contribution >= 0.6 is 0 Å². The third-order valence-electron chi connectivity index (χ3n) is 5.43. The van der Waals surface area contributed by atoms with Crippen LogP contribution in [0.3, 0.4) is 0 Å². The van der Waals surface area contributed by atoms with Crippen molar-refractivity contribution in [2.24, 2.45) is 5.92 Å². The monoisotopic (exact) mass is 364 g/mol. The topological polar surface area (TPSA) is 58.6 Å². The second kappa shape index (κ2) is 7.43. The summed E-state index contributed by atoms with van der Waals surface area (Å²) in [4.78, 5) is 27.0. The number of fused-ring (bicyclic) bond motifs is 1. The summed E-state index contributed by atoms with van der Waals surface area (Å²) in [5.74, 6) is 0.456. The first-order valence-corrected chi connectivity index (χ1v) is 9.57. The average Bonchev–Trinajstić information content (AvgIpc) is 3.10. The standard InChI is InChI=1S/C22H24N2O3/c1-2-15-7-9-17(10-8-15)24-14-16(13-21(24)25)22(26)23-19-11-12-27-20-6-4-3-5-18(19)20/h3-10,16,19H,2,11-14H2,1H3,(H,23,26)/t16-,19-/m1/s1. The molecule has 140 valence electrons. The van der Waals surface area contributed by atoms with Crippen molar-refractivity contribution in [1.82, 2.24) is 5.32 Å². The number of rotatable bonds is 4. The zero-order valence-electron chi connectivity index (χ0n) is 15.5. The van der Waals surface area contributed by atoms with E-state index in [0.29, 0.717) is 13.2 Å². The number of hydrogen-bond acceptors (Lipinski definition) is 3. The Kier molecular flexibility index (Phi) is 4.84. The van der Waals surface area contributed by atoms with Crippen LogP contribution in [0.2, 0.25) is 0 Å². The molecule has 2 aliphatic heterocycles. The smallest absolute Gasteiger partial charge is 0.227 e. The Morgan fingerprint density at radius 3 is 2.74 bits per heavy atom. The van der Waals surface area contributed by atoms with Gasteiger partial charge in [-0.15, -0.1) is 0 Å². The predicted molar refractivity (Wildman–Crippen MR) is 104 cm³/mol. The molecule has 2 amide bonds. The maximum atomic E-state index is 12.8. The molecule has 4 rings (SSSR count). The predicted octanol–water partition coefficient (Wildman–Crippen LogP) is 3.24. The zero-order chi connectivity index (χ0) is 18.8. The Balaban J connectivity index is 1.44. The van der Waals surface area contributed by atoms with Gasteiger partial charge in [0.1, 0.15) is 5.75 Å². The zero-order valence-corrected chi connectivity index (χ0v) is 15.5. The third kappa shape index (κ3) is 3.54. The molecular formula is C22H24N2O3. The molecule has 2 atom stereocenters. The molecule has 0 spiro atoms. The highest BCUT2D eigenvalue weighted by Crippen LogP contribution is 2.32. The van der Waals surface area contributed by atoms with Crippen molar-refractivity contribution in [2.45, 2.75) is 32.2 Å². The normalized spacial score (nSPS) is 21.5. The molecule has 2 aromatic rings. The fourth-order valence-electron chi connectivity index (χ4n) is 3.83. The third-order valence-corrected chi connectivity index (χ3v) is 5.43. The van der Waals surface area contributed by atoms with E-state index in [1.807, 2.05) is 48.5 Å². The number of anilines is 1. The number of carbonyl (C=O) groups is 2. The molecule has 0 saturated carbocycles. The molecule has 5 nitrogen and oxygen atoms in total. The molecule has 27 heavy (non-hydrogen) atoms. The Labute approximate surface area is 159 Å². The molecule has 1 fully saturated rings. The minimum absolute atomic E-state index is 0.00627. The minimum atomic E-state index is -0.321. The van der Waals surface area contributed by atoms with Gasteiger partial charge in [0, 0.05) is 30.6 Å². The van der Waals surface area contributed by atoms with Gasteiger partial charge >= 0.3 is 0 Å². The number of aryl methyl sites for hydroxylation is 1. The average molecular weight is 364 g/mol. The molecule has 1 saturated heterocycles. The first kappa shape index (κ1) is 17.6. The van der Waals surface area contributed by atoms with Crippen molar-refractivity contribution < 1.29 is 14.3 Å². The maximum absolute atomic E-state index is 12.8. The largest absolute Gasteiger partial charge is 0.493 e. The summed E-state index contributed by atoms with van der Waals surface area (Å²) in [6.07, 6.45) is 1.96. The summed E-state index contributed by atoms with van der Waals surface area (Å²) < 4.78 is 5.66. The molecule has 2 aliphatic rings. The lowest BCUT2D eigenvalue weighted by molar-refractivity contribution is -0.127. The maximum Gasteiger partial charge on any atom is 0.227 e. The van der Waals surface area contributed by atoms with E-state index < -0.39 is 0 Å². The molecule has 2 heterocycles. The molecule has 2 aromatic carbocycles. The fourth-order valence-corrected chi connectivity index (χ4v) is 3.83. The van der Waals surface area contributed by atoms with Crippen LogP contribution in [0.1, 0.15) is 36.9 Å². The molecule has 0 radical (unpaired) electrons. The van der Waals surface area contributed by atoms with Crippen LogP contribution < -0.4 is 15.0 Å². The van der Waals surface area contributed by atoms with Gasteiger partial charge in [-0.1, -0.05) is 37.3 Å². The summed E-state index contributed by atoms with van der Waals surface area (Å²) in [6.45, 7) is 3.12. The van der Waals surface area contributed by atoms with Crippen molar-refractivity contribution in [3.63, 3.8) is 0 Å². The lowest BCUT2D eigenvalue weighted by Gasteiger charge is -2.27. The quantitative estimate of drug-likeness (QED) is 0.906. The molecule has 0 aliphatic carbocycles. The van der Waals surface area contributed by atoms with E-state index in [9.17, 15) is 9.59 Å². The van der Waals surface area contributed by atoms with Gasteiger partial charge in [0.05, 0.1) is 18.6 Å². The Bertz CT molecular complexity index is 847. The van der Waals surface area contributed by atoms with Crippen LogP contribution in [0.5, 0.6) is 5.75 Å². The van der Waals surface area contributed by atoms with E-state index >= 15 is 0 Å². The van der Waals surface area contributed by atoms with Crippen LogP contribution in [0.25, 0.3) is 0 Å². The molecule has 5 heteroatoms. The van der Waals surface area contributed by atoms with Crippen molar-refractivity contribution in [3.05, 3.63) is 59.7 Å².